The van der Waals surface area contributed by atoms with Crippen LogP contribution in [0.15, 0.2) is 0 Å². The Bertz CT molecular complexity index is 268. The molecule has 146 valence electrons. The van der Waals surface area contributed by atoms with Gasteiger partial charge in [0.15, 0.2) is 0 Å². The van der Waals surface area contributed by atoms with E-state index in [2.05, 4.69) is 17.6 Å². The van der Waals surface area contributed by atoms with Gasteiger partial charge in [0.1, 0.15) is 0 Å². The van der Waals surface area contributed by atoms with Gasteiger partial charge in [-0.15, -0.1) is 0 Å². The molecule has 0 aromatic rings. The van der Waals surface area contributed by atoms with E-state index >= 15 is 0 Å². The summed E-state index contributed by atoms with van der Waals surface area (Å²) in [6, 6.07) is 0. The Morgan fingerprint density at radius 1 is 0.750 bits per heavy atom. The predicted octanol–water partition coefficient (Wildman–Crippen LogP) is 2.13. The van der Waals surface area contributed by atoms with Crippen LogP contribution >= 0.6 is 21.6 Å². The molecule has 0 aromatic carbocycles. The molecule has 0 fully saturated rings. The molecule has 0 saturated carbocycles. The molecule has 0 aliphatic carbocycles. The van der Waals surface area contributed by atoms with Crippen LogP contribution in [0.2, 0.25) is 0 Å². The third kappa shape index (κ3) is 33.2. The van der Waals surface area contributed by atoms with Gasteiger partial charge in [-0.1, -0.05) is 49.3 Å². The molecule has 0 radical (unpaired) electrons. The second-order valence-corrected chi connectivity index (χ2v) is 7.33. The van der Waals surface area contributed by atoms with Gasteiger partial charge in [-0.05, 0) is 19.4 Å². The van der Waals surface area contributed by atoms with Crippen molar-refractivity contribution in [2.75, 3.05) is 37.7 Å². The van der Waals surface area contributed by atoms with Crippen LogP contribution in [0.3, 0.4) is 0 Å². The molecule has 0 heterocycles. The molecule has 0 aliphatic heterocycles. The Hall–Kier alpha value is -0.440. The standard InChI is InChI=1S/C7H16N2OS2.C6H13NO.C3H9N/c1-2-7(10)9-4-6-12-11-5-3-8;1-3-5-7-6(8)4-2;1-2-3-4/h2-6,8H2,1H3,(H,9,10);3-5H2,1-2H3,(H,7,8);2-4H2,1H3. The van der Waals surface area contributed by atoms with Crippen molar-refractivity contribution >= 4 is 33.4 Å². The van der Waals surface area contributed by atoms with E-state index in [-0.39, 0.29) is 11.8 Å². The number of hydrogen-bond acceptors (Lipinski definition) is 6. The van der Waals surface area contributed by atoms with Crippen LogP contribution in [0.5, 0.6) is 0 Å². The highest BCUT2D eigenvalue weighted by molar-refractivity contribution is 8.76. The predicted molar refractivity (Wildman–Crippen MR) is 110 cm³/mol. The summed E-state index contributed by atoms with van der Waals surface area (Å²) < 4.78 is 0. The number of nitrogens with one attached hydrogen (secondary N) is 2. The fourth-order valence-electron chi connectivity index (χ4n) is 0.913. The van der Waals surface area contributed by atoms with Crippen molar-refractivity contribution in [3.05, 3.63) is 0 Å². The van der Waals surface area contributed by atoms with Crippen LogP contribution in [-0.4, -0.2) is 49.5 Å². The van der Waals surface area contributed by atoms with E-state index in [0.717, 1.165) is 50.5 Å². The lowest BCUT2D eigenvalue weighted by Gasteiger charge is -2.01. The van der Waals surface area contributed by atoms with Crippen molar-refractivity contribution in [1.29, 1.82) is 0 Å². The van der Waals surface area contributed by atoms with E-state index in [0.29, 0.717) is 12.8 Å². The maximum Gasteiger partial charge on any atom is 0.219 e. The maximum absolute atomic E-state index is 10.8. The normalized spacial score (nSPS) is 9.08. The van der Waals surface area contributed by atoms with Crippen LogP contribution < -0.4 is 22.1 Å². The number of nitrogens with two attached hydrogens (primary N) is 2. The van der Waals surface area contributed by atoms with Crippen molar-refractivity contribution in [3.8, 4) is 0 Å². The van der Waals surface area contributed by atoms with Crippen molar-refractivity contribution in [1.82, 2.24) is 10.6 Å². The van der Waals surface area contributed by atoms with E-state index in [1.54, 1.807) is 21.6 Å². The second kappa shape index (κ2) is 27.4. The summed E-state index contributed by atoms with van der Waals surface area (Å²) in [5, 5.41) is 5.55. The third-order valence-electron chi connectivity index (χ3n) is 2.30. The van der Waals surface area contributed by atoms with Gasteiger partial charge in [0.25, 0.3) is 0 Å². The first-order valence-electron chi connectivity index (χ1n) is 8.71. The summed E-state index contributed by atoms with van der Waals surface area (Å²) in [6.45, 7) is 10.9. The summed E-state index contributed by atoms with van der Waals surface area (Å²) in [5.74, 6) is 2.20. The Morgan fingerprint density at radius 2 is 1.21 bits per heavy atom. The number of carbonyl (C=O) groups excluding carboxylic acids is 2. The van der Waals surface area contributed by atoms with Crippen molar-refractivity contribution in [2.45, 2.75) is 53.4 Å². The molecule has 24 heavy (non-hydrogen) atoms. The molecule has 0 spiro atoms. The number of rotatable bonds is 11. The molecule has 0 bridgehead atoms. The SMILES string of the molecule is CCC(=O)NCCSSCCN.CCCN.CCCNC(=O)CC. The lowest BCUT2D eigenvalue weighted by Crippen LogP contribution is -2.24. The molecule has 0 rings (SSSR count). The lowest BCUT2D eigenvalue weighted by molar-refractivity contribution is -0.121. The zero-order valence-electron chi connectivity index (χ0n) is 15.9. The van der Waals surface area contributed by atoms with E-state index in [4.69, 9.17) is 11.5 Å². The van der Waals surface area contributed by atoms with Crippen LogP contribution in [0.1, 0.15) is 53.4 Å². The monoisotopic (exact) mass is 382 g/mol. The van der Waals surface area contributed by atoms with Crippen molar-refractivity contribution in [2.24, 2.45) is 11.5 Å². The summed E-state index contributed by atoms with van der Waals surface area (Å²) in [7, 11) is 3.51. The summed E-state index contributed by atoms with van der Waals surface area (Å²) in [4.78, 5) is 21.2. The fourth-order valence-corrected chi connectivity index (χ4v) is 2.68. The van der Waals surface area contributed by atoms with E-state index in [1.807, 2.05) is 20.8 Å². The Kier molecular flexibility index (Phi) is 32.4. The van der Waals surface area contributed by atoms with Gasteiger partial charge in [-0.3, -0.25) is 9.59 Å². The molecule has 0 aromatic heterocycles. The Balaban J connectivity index is -0.000000316. The van der Waals surface area contributed by atoms with Crippen LogP contribution in [-0.2, 0) is 9.59 Å². The molecular weight excluding hydrogens is 344 g/mol. The molecule has 6 nitrogen and oxygen atoms in total. The number of hydrogen-bond donors (Lipinski definition) is 4. The average molecular weight is 383 g/mol. The van der Waals surface area contributed by atoms with Gasteiger partial charge in [0.2, 0.25) is 11.8 Å². The first-order chi connectivity index (χ1) is 11.5. The zero-order valence-corrected chi connectivity index (χ0v) is 17.5. The largest absolute Gasteiger partial charge is 0.356 e. The maximum atomic E-state index is 10.8. The van der Waals surface area contributed by atoms with Gasteiger partial charge >= 0.3 is 0 Å². The summed E-state index contributed by atoms with van der Waals surface area (Å²) in [6.07, 6.45) is 3.28. The van der Waals surface area contributed by atoms with E-state index in [1.165, 1.54) is 0 Å². The highest BCUT2D eigenvalue weighted by Gasteiger charge is 1.94. The van der Waals surface area contributed by atoms with Gasteiger partial charge in [-0.25, -0.2) is 0 Å². The average Bonchev–Trinajstić information content (AvgIpc) is 2.62. The fraction of sp³-hybridized carbons (Fsp3) is 0.875. The molecule has 6 N–H and O–H groups in total. The summed E-state index contributed by atoms with van der Waals surface area (Å²) in [5.41, 5.74) is 10.3. The first-order valence-corrected chi connectivity index (χ1v) is 11.2. The minimum atomic E-state index is 0.124. The topological polar surface area (TPSA) is 110 Å². The van der Waals surface area contributed by atoms with Gasteiger partial charge in [0, 0.05) is 44.0 Å². The van der Waals surface area contributed by atoms with E-state index < -0.39 is 0 Å². The molecule has 8 heteroatoms. The number of amides is 2. The van der Waals surface area contributed by atoms with Crippen LogP contribution in [0.25, 0.3) is 0 Å². The smallest absolute Gasteiger partial charge is 0.219 e. The van der Waals surface area contributed by atoms with Crippen LogP contribution in [0.4, 0.5) is 0 Å². The van der Waals surface area contributed by atoms with Gasteiger partial charge in [-0.2, -0.15) is 0 Å². The second-order valence-electron chi connectivity index (χ2n) is 4.63. The van der Waals surface area contributed by atoms with Crippen molar-refractivity contribution in [3.63, 3.8) is 0 Å². The molecule has 0 atom stereocenters. The minimum Gasteiger partial charge on any atom is -0.356 e. The quantitative estimate of drug-likeness (QED) is 0.322. The van der Waals surface area contributed by atoms with Crippen molar-refractivity contribution < 1.29 is 9.59 Å². The van der Waals surface area contributed by atoms with Crippen LogP contribution in [0, 0.1) is 0 Å². The Morgan fingerprint density at radius 3 is 1.58 bits per heavy atom. The molecule has 0 saturated heterocycles. The number of carbonyl (C=O) groups is 2. The summed E-state index contributed by atoms with van der Waals surface area (Å²) >= 11 is 0. The molecule has 2 amide bonds. The first kappa shape index (κ1) is 28.4. The van der Waals surface area contributed by atoms with E-state index in [9.17, 15) is 9.59 Å². The molecule has 0 unspecified atom stereocenters. The zero-order chi connectivity index (χ0) is 19.1. The van der Waals surface area contributed by atoms with Gasteiger partial charge in [0.05, 0.1) is 0 Å². The third-order valence-corrected chi connectivity index (χ3v) is 4.73. The minimum absolute atomic E-state index is 0.124. The Labute approximate surface area is 156 Å². The lowest BCUT2D eigenvalue weighted by atomic mass is 10.4. The molecule has 0 aliphatic rings. The highest BCUT2D eigenvalue weighted by atomic mass is 33.1. The van der Waals surface area contributed by atoms with Gasteiger partial charge < -0.3 is 22.1 Å². The molecular formula is C16H38N4O2S2. The highest BCUT2D eigenvalue weighted by Crippen LogP contribution is 2.18.